The summed E-state index contributed by atoms with van der Waals surface area (Å²) in [6.07, 6.45) is 8.20. The number of sulfonamides is 1. The zero-order valence-corrected chi connectivity index (χ0v) is 26.5. The highest BCUT2D eigenvalue weighted by atomic mass is 32.2. The van der Waals surface area contributed by atoms with Gasteiger partial charge in [0.15, 0.2) is 0 Å². The number of carbonyl (C=O) groups excluding carboxylic acids is 4. The molecule has 5 rings (SSSR count). The molecule has 0 bridgehead atoms. The summed E-state index contributed by atoms with van der Waals surface area (Å²) in [6.45, 7) is 5.50. The third-order valence-corrected chi connectivity index (χ3v) is 10.7. The second kappa shape index (κ2) is 12.5. The average molecular weight is 629 g/mol. The van der Waals surface area contributed by atoms with E-state index >= 15 is 0 Å². The molecular weight excluding hydrogens is 584 g/mol. The number of benzene rings is 1. The molecule has 240 valence electrons. The van der Waals surface area contributed by atoms with E-state index in [0.29, 0.717) is 32.1 Å². The molecule has 1 aromatic carbocycles. The van der Waals surface area contributed by atoms with Gasteiger partial charge in [-0.25, -0.2) is 13.2 Å². The number of alkyl carbamates (subject to hydrolysis) is 1. The fraction of sp³-hybridized carbons (Fsp3) is 0.625. The van der Waals surface area contributed by atoms with Crippen molar-refractivity contribution in [2.24, 2.45) is 5.92 Å². The first-order valence-corrected chi connectivity index (χ1v) is 17.2. The monoisotopic (exact) mass is 628 g/mol. The minimum absolute atomic E-state index is 0.146. The van der Waals surface area contributed by atoms with Crippen LogP contribution in [0, 0.1) is 5.92 Å². The van der Waals surface area contributed by atoms with Gasteiger partial charge in [-0.2, -0.15) is 0 Å². The van der Waals surface area contributed by atoms with Crippen LogP contribution >= 0.6 is 0 Å². The molecule has 2 heterocycles. The minimum atomic E-state index is -3.83. The van der Waals surface area contributed by atoms with Gasteiger partial charge in [-0.05, 0) is 71.3 Å². The molecule has 2 saturated carbocycles. The van der Waals surface area contributed by atoms with Gasteiger partial charge in [0.2, 0.25) is 21.8 Å². The summed E-state index contributed by atoms with van der Waals surface area (Å²) in [7, 11) is -3.83. The van der Waals surface area contributed by atoms with Crippen LogP contribution in [0.2, 0.25) is 0 Å². The van der Waals surface area contributed by atoms with Crippen LogP contribution in [-0.2, 0) is 29.1 Å². The molecule has 12 heteroatoms. The summed E-state index contributed by atoms with van der Waals surface area (Å²) >= 11 is 0. The van der Waals surface area contributed by atoms with E-state index in [0.717, 1.165) is 24.8 Å². The van der Waals surface area contributed by atoms with Crippen LogP contribution in [0.1, 0.15) is 90.0 Å². The average Bonchev–Trinajstić information content (AvgIpc) is 3.87. The van der Waals surface area contributed by atoms with Crippen molar-refractivity contribution in [2.75, 3.05) is 6.54 Å². The van der Waals surface area contributed by atoms with Crippen LogP contribution in [0.5, 0.6) is 0 Å². The Morgan fingerprint density at radius 3 is 2.45 bits per heavy atom. The third-order valence-electron chi connectivity index (χ3n) is 8.84. The Balaban J connectivity index is 1.44. The van der Waals surface area contributed by atoms with Crippen molar-refractivity contribution in [1.29, 1.82) is 0 Å². The van der Waals surface area contributed by atoms with Crippen molar-refractivity contribution in [1.82, 2.24) is 20.3 Å². The Hall–Kier alpha value is -3.41. The highest BCUT2D eigenvalue weighted by molar-refractivity contribution is 7.91. The molecule has 0 spiro atoms. The van der Waals surface area contributed by atoms with Gasteiger partial charge < -0.3 is 20.3 Å². The van der Waals surface area contributed by atoms with E-state index in [1.54, 1.807) is 20.8 Å². The second-order valence-electron chi connectivity index (χ2n) is 13.6. The Morgan fingerprint density at radius 2 is 1.77 bits per heavy atom. The quantitative estimate of drug-likeness (QED) is 0.424. The van der Waals surface area contributed by atoms with Gasteiger partial charge >= 0.3 is 6.09 Å². The third kappa shape index (κ3) is 7.44. The Bertz CT molecular complexity index is 1400. The van der Waals surface area contributed by atoms with Crippen LogP contribution in [0.25, 0.3) is 0 Å². The van der Waals surface area contributed by atoms with Gasteiger partial charge in [-0.15, -0.1) is 0 Å². The molecule has 2 aliphatic carbocycles. The molecule has 0 radical (unpaired) electrons. The number of allylic oxidation sites excluding steroid dienone is 1. The number of nitrogens with one attached hydrogen (secondary N) is 3. The van der Waals surface area contributed by atoms with Gasteiger partial charge in [0.05, 0.1) is 5.25 Å². The van der Waals surface area contributed by atoms with Gasteiger partial charge in [0.1, 0.15) is 23.2 Å². The Morgan fingerprint density at radius 1 is 1.05 bits per heavy atom. The molecule has 4 amide bonds. The van der Waals surface area contributed by atoms with Crippen molar-refractivity contribution in [2.45, 2.75) is 113 Å². The molecule has 3 N–H and O–H groups in total. The molecule has 1 saturated heterocycles. The largest absolute Gasteiger partial charge is 0.444 e. The summed E-state index contributed by atoms with van der Waals surface area (Å²) in [5.74, 6) is -2.14. The van der Waals surface area contributed by atoms with Crippen molar-refractivity contribution in [3.05, 3.63) is 48.0 Å². The maximum Gasteiger partial charge on any atom is 0.408 e. The number of ether oxygens (including phenoxy) is 1. The van der Waals surface area contributed by atoms with Crippen LogP contribution < -0.4 is 15.4 Å². The number of carbonyl (C=O) groups is 4. The lowest BCUT2D eigenvalue weighted by atomic mass is 9.96. The topological polar surface area (TPSA) is 151 Å². The molecule has 1 aromatic rings. The molecule has 11 nitrogen and oxygen atoms in total. The number of hydrogen-bond acceptors (Lipinski definition) is 7. The number of fused-ring (bicyclic) bond motifs is 2. The van der Waals surface area contributed by atoms with E-state index in [1.165, 1.54) is 4.90 Å². The van der Waals surface area contributed by atoms with Crippen LogP contribution in [0.3, 0.4) is 0 Å². The van der Waals surface area contributed by atoms with Crippen LogP contribution in [0.15, 0.2) is 42.5 Å². The fourth-order valence-electron chi connectivity index (χ4n) is 6.22. The molecule has 4 aliphatic rings. The molecular formula is C32H44N4O7S. The van der Waals surface area contributed by atoms with Crippen molar-refractivity contribution in [3.8, 4) is 0 Å². The highest BCUT2D eigenvalue weighted by Gasteiger charge is 2.62. The lowest BCUT2D eigenvalue weighted by Crippen LogP contribution is -2.58. The van der Waals surface area contributed by atoms with E-state index in [2.05, 4.69) is 15.4 Å². The van der Waals surface area contributed by atoms with Gasteiger partial charge in [0.25, 0.3) is 5.91 Å². The Labute approximate surface area is 259 Å². The predicted molar refractivity (Wildman–Crippen MR) is 164 cm³/mol. The van der Waals surface area contributed by atoms with Crippen molar-refractivity contribution < 1.29 is 32.3 Å². The van der Waals surface area contributed by atoms with Crippen molar-refractivity contribution >= 4 is 33.8 Å². The van der Waals surface area contributed by atoms with E-state index in [9.17, 15) is 27.6 Å². The lowest BCUT2D eigenvalue weighted by Gasteiger charge is -2.30. The first kappa shape index (κ1) is 32.0. The van der Waals surface area contributed by atoms with Crippen LogP contribution in [-0.4, -0.2) is 72.2 Å². The van der Waals surface area contributed by atoms with Crippen LogP contribution in [0.4, 0.5) is 4.79 Å². The number of rotatable bonds is 5. The summed E-state index contributed by atoms with van der Waals surface area (Å²) < 4.78 is 33.0. The molecule has 5 atom stereocenters. The van der Waals surface area contributed by atoms with E-state index in [1.807, 2.05) is 42.5 Å². The van der Waals surface area contributed by atoms with Gasteiger partial charge in [-0.1, -0.05) is 55.3 Å². The fourth-order valence-corrected chi connectivity index (χ4v) is 7.58. The second-order valence-corrected chi connectivity index (χ2v) is 15.5. The molecule has 2 aliphatic heterocycles. The SMILES string of the molecule is CC(C)(C)OC(=O)N[C@H]1CCCCCC=CC2C[C@@]2(C(=O)NS(=O)(=O)C2CC2)NC(=O)[C@@H]2C[C@@H](c3ccccc3)CN2C1=O. The number of nitrogens with zero attached hydrogens (tertiary/aromatic N) is 1. The summed E-state index contributed by atoms with van der Waals surface area (Å²) in [5, 5.41) is 5.07. The van der Waals surface area contributed by atoms with Gasteiger partial charge in [0, 0.05) is 18.4 Å². The summed E-state index contributed by atoms with van der Waals surface area (Å²) in [4.78, 5) is 56.0. The van der Waals surface area contributed by atoms with E-state index < -0.39 is 56.4 Å². The molecule has 3 fully saturated rings. The van der Waals surface area contributed by atoms with E-state index in [-0.39, 0.29) is 30.7 Å². The van der Waals surface area contributed by atoms with Crippen molar-refractivity contribution in [3.63, 3.8) is 0 Å². The highest BCUT2D eigenvalue weighted by Crippen LogP contribution is 2.46. The first-order chi connectivity index (χ1) is 20.8. The van der Waals surface area contributed by atoms with E-state index in [4.69, 9.17) is 4.74 Å². The summed E-state index contributed by atoms with van der Waals surface area (Å²) in [5.41, 5.74) is -1.19. The standard InChI is InChI=1S/C32H44N4O7S/c1-31(2,3)43-30(40)33-25-15-11-6-4-5-10-14-23-19-32(23,29(39)35-44(41,42)24-16-17-24)34-27(37)26-18-22(20-36(26)28(25)38)21-12-8-7-9-13-21/h7-10,12-14,22-26H,4-6,11,15-20H2,1-3H3,(H,33,40)(H,34,37)(H,35,39)/t22-,23?,25+,26+,32-/m1/s1. The first-order valence-electron chi connectivity index (χ1n) is 15.7. The maximum absolute atomic E-state index is 14.2. The maximum atomic E-state index is 14.2. The number of hydrogen-bond donors (Lipinski definition) is 3. The number of amides is 4. The minimum Gasteiger partial charge on any atom is -0.444 e. The predicted octanol–water partition coefficient (Wildman–Crippen LogP) is 3.27. The summed E-state index contributed by atoms with van der Waals surface area (Å²) in [6, 6.07) is 7.79. The smallest absolute Gasteiger partial charge is 0.408 e. The molecule has 44 heavy (non-hydrogen) atoms. The zero-order chi connectivity index (χ0) is 31.7. The normalized spacial score (nSPS) is 29.8. The zero-order valence-electron chi connectivity index (χ0n) is 25.7. The van der Waals surface area contributed by atoms with Gasteiger partial charge in [-0.3, -0.25) is 19.1 Å². The molecule has 0 aromatic heterocycles. The molecule has 1 unspecified atom stereocenters. The Kier molecular flexibility index (Phi) is 9.11. The lowest BCUT2D eigenvalue weighted by molar-refractivity contribution is -0.141.